The van der Waals surface area contributed by atoms with Crippen LogP contribution in [0.15, 0.2) is 30.6 Å². The third kappa shape index (κ3) is 2.42. The molecule has 100 valence electrons. The molecule has 0 fully saturated rings. The van der Waals surface area contributed by atoms with Crippen LogP contribution in [0.1, 0.15) is 16.2 Å². The number of carboxylic acids is 1. The molecule has 1 aromatic carbocycles. The zero-order valence-electron chi connectivity index (χ0n) is 9.15. The van der Waals surface area contributed by atoms with Crippen LogP contribution in [0.5, 0.6) is 0 Å². The second-order valence-corrected chi connectivity index (χ2v) is 3.59. The lowest BCUT2D eigenvalue weighted by atomic mass is 10.2. The number of benzene rings is 1. The largest absolute Gasteiger partial charge is 0.476 e. The van der Waals surface area contributed by atoms with Crippen molar-refractivity contribution in [3.8, 4) is 5.69 Å². The molecule has 0 aliphatic heterocycles. The maximum atomic E-state index is 12.9. The van der Waals surface area contributed by atoms with E-state index in [2.05, 4.69) is 4.98 Å². The lowest BCUT2D eigenvalue weighted by Crippen LogP contribution is -2.16. The number of aromatic carboxylic acids is 1. The highest BCUT2D eigenvalue weighted by atomic mass is 19.4. The van der Waals surface area contributed by atoms with Crippen LogP contribution in [0.2, 0.25) is 0 Å². The van der Waals surface area contributed by atoms with Gasteiger partial charge < -0.3 is 5.11 Å². The van der Waals surface area contributed by atoms with Gasteiger partial charge in [0.05, 0.1) is 0 Å². The van der Waals surface area contributed by atoms with Crippen molar-refractivity contribution in [2.75, 3.05) is 0 Å². The summed E-state index contributed by atoms with van der Waals surface area (Å²) in [6, 6.07) is 4.13. The molecule has 19 heavy (non-hydrogen) atoms. The number of imidazole rings is 1. The maximum Gasteiger partial charge on any atom is 0.434 e. The van der Waals surface area contributed by atoms with E-state index < -0.39 is 29.4 Å². The normalized spacial score (nSPS) is 11.6. The van der Waals surface area contributed by atoms with Crippen LogP contribution < -0.4 is 0 Å². The summed E-state index contributed by atoms with van der Waals surface area (Å²) in [4.78, 5) is 14.0. The Morgan fingerprint density at radius 3 is 2.26 bits per heavy atom. The fraction of sp³-hybridized carbons (Fsp3) is 0.0909. The topological polar surface area (TPSA) is 55.1 Å². The summed E-state index contributed by atoms with van der Waals surface area (Å²) in [5, 5.41) is 8.70. The van der Waals surface area contributed by atoms with Gasteiger partial charge in [0.1, 0.15) is 12.1 Å². The average Bonchev–Trinajstić information content (AvgIpc) is 2.74. The lowest BCUT2D eigenvalue weighted by molar-refractivity contribution is -0.142. The molecule has 1 aromatic heterocycles. The summed E-state index contributed by atoms with van der Waals surface area (Å²) < 4.78 is 51.9. The van der Waals surface area contributed by atoms with Gasteiger partial charge in [-0.15, -0.1) is 0 Å². The molecule has 1 N–H and O–H groups in total. The maximum absolute atomic E-state index is 12.9. The zero-order chi connectivity index (χ0) is 14.2. The molecule has 0 aliphatic carbocycles. The molecule has 0 atom stereocenters. The first kappa shape index (κ1) is 13.1. The molecular formula is C11H6F4N2O2. The number of carbonyl (C=O) groups is 1. The number of rotatable bonds is 2. The van der Waals surface area contributed by atoms with Crippen molar-refractivity contribution in [1.29, 1.82) is 0 Å². The fourth-order valence-electron chi connectivity index (χ4n) is 1.57. The quantitative estimate of drug-likeness (QED) is 0.857. The van der Waals surface area contributed by atoms with Gasteiger partial charge in [-0.2, -0.15) is 13.2 Å². The van der Waals surface area contributed by atoms with Crippen LogP contribution in [0.25, 0.3) is 5.69 Å². The van der Waals surface area contributed by atoms with Crippen LogP contribution in [-0.2, 0) is 6.18 Å². The number of halogens is 4. The van der Waals surface area contributed by atoms with Gasteiger partial charge in [0.15, 0.2) is 11.4 Å². The molecule has 1 heterocycles. The molecule has 0 amide bonds. The lowest BCUT2D eigenvalue weighted by Gasteiger charge is -2.11. The second-order valence-electron chi connectivity index (χ2n) is 3.59. The Hall–Kier alpha value is -2.38. The molecule has 0 saturated heterocycles. The van der Waals surface area contributed by atoms with Crippen LogP contribution in [0, 0.1) is 5.82 Å². The predicted octanol–water partition coefficient (Wildman–Crippen LogP) is 2.73. The second kappa shape index (κ2) is 4.38. The number of hydrogen-bond donors (Lipinski definition) is 1. The number of aromatic nitrogens is 2. The predicted molar refractivity (Wildman–Crippen MR) is 55.5 cm³/mol. The molecule has 2 aromatic rings. The minimum atomic E-state index is -4.89. The summed E-state index contributed by atoms with van der Waals surface area (Å²) in [7, 11) is 0. The first-order valence-corrected chi connectivity index (χ1v) is 4.94. The van der Waals surface area contributed by atoms with E-state index in [9.17, 15) is 22.4 Å². The minimum absolute atomic E-state index is 0.0336. The number of hydrogen-bond acceptors (Lipinski definition) is 2. The van der Waals surface area contributed by atoms with Crippen molar-refractivity contribution in [3.63, 3.8) is 0 Å². The summed E-state index contributed by atoms with van der Waals surface area (Å²) in [5.41, 5.74) is -2.54. The van der Waals surface area contributed by atoms with Crippen molar-refractivity contribution in [1.82, 2.24) is 9.55 Å². The van der Waals surface area contributed by atoms with Crippen molar-refractivity contribution in [2.45, 2.75) is 6.18 Å². The van der Waals surface area contributed by atoms with Gasteiger partial charge in [0.25, 0.3) is 0 Å². The van der Waals surface area contributed by atoms with E-state index in [-0.39, 0.29) is 5.69 Å². The third-order valence-electron chi connectivity index (χ3n) is 2.34. The smallest absolute Gasteiger partial charge is 0.434 e. The average molecular weight is 274 g/mol. The van der Waals surface area contributed by atoms with Gasteiger partial charge in [0.2, 0.25) is 0 Å². The Morgan fingerprint density at radius 1 is 1.21 bits per heavy atom. The van der Waals surface area contributed by atoms with E-state index in [0.717, 1.165) is 30.6 Å². The van der Waals surface area contributed by atoms with E-state index >= 15 is 0 Å². The molecule has 0 saturated carbocycles. The van der Waals surface area contributed by atoms with Crippen LogP contribution in [0.3, 0.4) is 0 Å². The molecule has 0 spiro atoms. The van der Waals surface area contributed by atoms with E-state index in [1.807, 2.05) is 0 Å². The van der Waals surface area contributed by atoms with Gasteiger partial charge in [-0.1, -0.05) is 0 Å². The molecule has 2 rings (SSSR count). The van der Waals surface area contributed by atoms with Crippen LogP contribution >= 0.6 is 0 Å². The van der Waals surface area contributed by atoms with Gasteiger partial charge in [-0.3, -0.25) is 4.57 Å². The number of nitrogens with zero attached hydrogens (tertiary/aromatic N) is 2. The van der Waals surface area contributed by atoms with Crippen molar-refractivity contribution < 1.29 is 27.5 Å². The Morgan fingerprint density at radius 2 is 1.79 bits per heavy atom. The van der Waals surface area contributed by atoms with Crippen molar-refractivity contribution in [2.24, 2.45) is 0 Å². The van der Waals surface area contributed by atoms with Crippen LogP contribution in [-0.4, -0.2) is 20.6 Å². The van der Waals surface area contributed by atoms with E-state index in [0.29, 0.717) is 4.57 Å². The van der Waals surface area contributed by atoms with E-state index in [4.69, 9.17) is 5.11 Å². The minimum Gasteiger partial charge on any atom is -0.476 e. The zero-order valence-corrected chi connectivity index (χ0v) is 9.15. The number of alkyl halides is 3. The summed E-state index contributed by atoms with van der Waals surface area (Å²) >= 11 is 0. The monoisotopic (exact) mass is 274 g/mol. The number of carboxylic acid groups (broad SMARTS) is 1. The third-order valence-corrected chi connectivity index (χ3v) is 2.34. The summed E-state index contributed by atoms with van der Waals surface area (Å²) in [5.74, 6) is -2.40. The van der Waals surface area contributed by atoms with E-state index in [1.165, 1.54) is 0 Å². The Balaban J connectivity index is 2.64. The Kier molecular flexibility index (Phi) is 3.01. The molecular weight excluding hydrogens is 268 g/mol. The fourth-order valence-corrected chi connectivity index (χ4v) is 1.57. The highest BCUT2D eigenvalue weighted by Gasteiger charge is 2.40. The first-order chi connectivity index (χ1) is 8.80. The summed E-state index contributed by atoms with van der Waals surface area (Å²) in [6.07, 6.45) is -4.15. The van der Waals surface area contributed by atoms with Gasteiger partial charge >= 0.3 is 12.1 Å². The van der Waals surface area contributed by atoms with Gasteiger partial charge in [-0.25, -0.2) is 14.2 Å². The Bertz CT molecular complexity index is 617. The van der Waals surface area contributed by atoms with Crippen molar-refractivity contribution in [3.05, 3.63) is 47.8 Å². The standard InChI is InChI=1S/C11H6F4N2O2/c12-6-1-3-7(4-2-6)17-5-16-8(10(18)19)9(17)11(13,14)15/h1-5H,(H,18,19). The van der Waals surface area contributed by atoms with Gasteiger partial charge in [-0.05, 0) is 24.3 Å². The molecule has 0 radical (unpaired) electrons. The highest BCUT2D eigenvalue weighted by Crippen LogP contribution is 2.33. The van der Waals surface area contributed by atoms with Crippen LogP contribution in [0.4, 0.5) is 17.6 Å². The molecule has 0 bridgehead atoms. The molecule has 0 unspecified atom stereocenters. The molecule has 4 nitrogen and oxygen atoms in total. The van der Waals surface area contributed by atoms with Crippen molar-refractivity contribution >= 4 is 5.97 Å². The Labute approximate surface area is 103 Å². The molecule has 8 heteroatoms. The summed E-state index contributed by atoms with van der Waals surface area (Å²) in [6.45, 7) is 0. The first-order valence-electron chi connectivity index (χ1n) is 4.94. The molecule has 0 aliphatic rings. The highest BCUT2D eigenvalue weighted by molar-refractivity contribution is 5.87. The van der Waals surface area contributed by atoms with Gasteiger partial charge in [0, 0.05) is 5.69 Å². The SMILES string of the molecule is O=C(O)c1ncn(-c2ccc(F)cc2)c1C(F)(F)F. The van der Waals surface area contributed by atoms with E-state index in [1.54, 1.807) is 0 Å².